The average molecular weight is 358 g/mol. The Hall–Kier alpha value is -2.67. The van der Waals surface area contributed by atoms with Crippen LogP contribution in [0.1, 0.15) is 6.92 Å². The highest BCUT2D eigenvalue weighted by molar-refractivity contribution is 7.90. The van der Waals surface area contributed by atoms with Crippen molar-refractivity contribution in [3.63, 3.8) is 0 Å². The van der Waals surface area contributed by atoms with E-state index in [1.54, 1.807) is 37.6 Å². The van der Waals surface area contributed by atoms with Crippen LogP contribution in [0.4, 0.5) is 0 Å². The monoisotopic (exact) mass is 358 g/mol. The Kier molecular flexibility index (Phi) is 4.34. The van der Waals surface area contributed by atoms with Gasteiger partial charge in [-0.15, -0.1) is 0 Å². The van der Waals surface area contributed by atoms with Gasteiger partial charge in [-0.3, -0.25) is 9.78 Å². The van der Waals surface area contributed by atoms with Gasteiger partial charge in [0.1, 0.15) is 5.75 Å². The van der Waals surface area contributed by atoms with Gasteiger partial charge in [0.05, 0.1) is 16.9 Å². The largest absolute Gasteiger partial charge is 0.493 e. The SMILES string of the molecule is CCOc1ccc(S(C)(=O)=O)cc1-c1cn(C)c(=O)c2cnccc12. The first-order valence-electron chi connectivity index (χ1n) is 7.73. The molecule has 6 nitrogen and oxygen atoms in total. The average Bonchev–Trinajstić information content (AvgIpc) is 2.58. The summed E-state index contributed by atoms with van der Waals surface area (Å²) in [5.41, 5.74) is 1.18. The van der Waals surface area contributed by atoms with Crippen molar-refractivity contribution in [1.82, 2.24) is 9.55 Å². The first kappa shape index (κ1) is 17.2. The van der Waals surface area contributed by atoms with E-state index in [2.05, 4.69) is 4.98 Å². The van der Waals surface area contributed by atoms with Crippen molar-refractivity contribution < 1.29 is 13.2 Å². The molecule has 0 aliphatic heterocycles. The Morgan fingerprint density at radius 1 is 1.16 bits per heavy atom. The third-order valence-corrected chi connectivity index (χ3v) is 5.06. The minimum Gasteiger partial charge on any atom is -0.493 e. The van der Waals surface area contributed by atoms with Gasteiger partial charge in [-0.05, 0) is 36.6 Å². The molecule has 7 heteroatoms. The first-order valence-corrected chi connectivity index (χ1v) is 9.62. The van der Waals surface area contributed by atoms with E-state index in [-0.39, 0.29) is 10.5 Å². The maximum atomic E-state index is 12.3. The lowest BCUT2D eigenvalue weighted by Crippen LogP contribution is -2.16. The molecule has 3 rings (SSSR count). The van der Waals surface area contributed by atoms with Crippen molar-refractivity contribution in [2.45, 2.75) is 11.8 Å². The molecule has 3 aromatic rings. The fourth-order valence-electron chi connectivity index (χ4n) is 2.76. The van der Waals surface area contributed by atoms with E-state index >= 15 is 0 Å². The molecule has 0 saturated carbocycles. The van der Waals surface area contributed by atoms with Crippen molar-refractivity contribution in [3.8, 4) is 16.9 Å². The van der Waals surface area contributed by atoms with Crippen LogP contribution in [-0.2, 0) is 16.9 Å². The van der Waals surface area contributed by atoms with Crippen LogP contribution in [-0.4, -0.2) is 30.8 Å². The summed E-state index contributed by atoms with van der Waals surface area (Å²) in [5, 5.41) is 1.17. The minimum atomic E-state index is -3.37. The van der Waals surface area contributed by atoms with Gasteiger partial charge in [0.25, 0.3) is 5.56 Å². The summed E-state index contributed by atoms with van der Waals surface area (Å²) in [6, 6.07) is 6.50. The van der Waals surface area contributed by atoms with E-state index in [9.17, 15) is 13.2 Å². The Labute approximate surface area is 145 Å². The van der Waals surface area contributed by atoms with E-state index < -0.39 is 9.84 Å². The number of hydrogen-bond acceptors (Lipinski definition) is 5. The summed E-state index contributed by atoms with van der Waals surface area (Å²) in [6.07, 6.45) is 5.97. The van der Waals surface area contributed by atoms with E-state index in [1.807, 2.05) is 6.92 Å². The molecular formula is C18H18N2O4S. The zero-order valence-corrected chi connectivity index (χ0v) is 15.0. The van der Waals surface area contributed by atoms with Crippen molar-refractivity contribution >= 4 is 20.6 Å². The van der Waals surface area contributed by atoms with Crippen molar-refractivity contribution in [1.29, 1.82) is 0 Å². The molecule has 0 spiro atoms. The quantitative estimate of drug-likeness (QED) is 0.716. The molecule has 130 valence electrons. The Morgan fingerprint density at radius 3 is 2.60 bits per heavy atom. The molecule has 0 N–H and O–H groups in total. The van der Waals surface area contributed by atoms with E-state index in [0.717, 1.165) is 6.26 Å². The van der Waals surface area contributed by atoms with Gasteiger partial charge < -0.3 is 9.30 Å². The molecule has 2 aromatic heterocycles. The lowest BCUT2D eigenvalue weighted by atomic mass is 10.0. The Bertz CT molecular complexity index is 1120. The zero-order valence-electron chi connectivity index (χ0n) is 14.2. The number of hydrogen-bond donors (Lipinski definition) is 0. The number of fused-ring (bicyclic) bond motifs is 1. The second kappa shape index (κ2) is 6.33. The number of benzene rings is 1. The second-order valence-electron chi connectivity index (χ2n) is 5.74. The summed E-state index contributed by atoms with van der Waals surface area (Å²) in [7, 11) is -1.72. The molecule has 0 saturated heterocycles. The predicted octanol–water partition coefficient (Wildman–Crippen LogP) is 2.40. The second-order valence-corrected chi connectivity index (χ2v) is 7.76. The van der Waals surface area contributed by atoms with Crippen molar-refractivity contribution in [3.05, 3.63) is 53.2 Å². The highest BCUT2D eigenvalue weighted by Crippen LogP contribution is 2.35. The number of ether oxygens (including phenoxy) is 1. The van der Waals surface area contributed by atoms with E-state index in [0.29, 0.717) is 34.3 Å². The highest BCUT2D eigenvalue weighted by Gasteiger charge is 2.17. The molecular weight excluding hydrogens is 340 g/mol. The summed E-state index contributed by atoms with van der Waals surface area (Å²) < 4.78 is 31.1. The third-order valence-electron chi connectivity index (χ3n) is 3.95. The maximum absolute atomic E-state index is 12.3. The van der Waals surface area contributed by atoms with Crippen LogP contribution in [0.25, 0.3) is 21.9 Å². The topological polar surface area (TPSA) is 78.3 Å². The van der Waals surface area contributed by atoms with E-state index in [1.165, 1.54) is 16.8 Å². The smallest absolute Gasteiger partial charge is 0.259 e. The summed E-state index contributed by atoms with van der Waals surface area (Å²) in [6.45, 7) is 2.30. The van der Waals surface area contributed by atoms with Gasteiger partial charge in [-0.1, -0.05) is 0 Å². The van der Waals surface area contributed by atoms with Crippen LogP contribution < -0.4 is 10.3 Å². The summed E-state index contributed by atoms with van der Waals surface area (Å²) in [5.74, 6) is 0.562. The molecule has 0 aliphatic carbocycles. The molecule has 25 heavy (non-hydrogen) atoms. The number of pyridine rings is 2. The van der Waals surface area contributed by atoms with Gasteiger partial charge in [-0.2, -0.15) is 0 Å². The molecule has 0 unspecified atom stereocenters. The van der Waals surface area contributed by atoms with Gasteiger partial charge in [-0.25, -0.2) is 8.42 Å². The lowest BCUT2D eigenvalue weighted by Gasteiger charge is -2.15. The third kappa shape index (κ3) is 3.15. The lowest BCUT2D eigenvalue weighted by molar-refractivity contribution is 0.341. The predicted molar refractivity (Wildman–Crippen MR) is 96.7 cm³/mol. The number of aromatic nitrogens is 2. The normalized spacial score (nSPS) is 11.6. The number of sulfone groups is 1. The standard InChI is InChI=1S/C18H18N2O4S/c1-4-24-17-6-5-12(25(3,22)23)9-14(17)16-11-20(2)18(21)15-10-19-8-7-13(15)16/h5-11H,4H2,1-3H3. The molecule has 1 aromatic carbocycles. The Balaban J connectivity index is 2.41. The van der Waals surface area contributed by atoms with Gasteiger partial charge in [0, 0.05) is 43.0 Å². The van der Waals surface area contributed by atoms with Crippen LogP contribution in [0.2, 0.25) is 0 Å². The van der Waals surface area contributed by atoms with Crippen LogP contribution >= 0.6 is 0 Å². The first-order chi connectivity index (χ1) is 11.8. The van der Waals surface area contributed by atoms with Crippen molar-refractivity contribution in [2.24, 2.45) is 7.05 Å². The van der Waals surface area contributed by atoms with Crippen LogP contribution in [0.5, 0.6) is 5.75 Å². The number of aryl methyl sites for hydroxylation is 1. The van der Waals surface area contributed by atoms with Crippen LogP contribution in [0, 0.1) is 0 Å². The van der Waals surface area contributed by atoms with Gasteiger partial charge >= 0.3 is 0 Å². The molecule has 0 fully saturated rings. The molecule has 0 atom stereocenters. The number of nitrogens with zero attached hydrogens (tertiary/aromatic N) is 2. The summed E-state index contributed by atoms with van der Waals surface area (Å²) in [4.78, 5) is 16.6. The minimum absolute atomic E-state index is 0.163. The van der Waals surface area contributed by atoms with Gasteiger partial charge in [0.15, 0.2) is 9.84 Å². The fourth-order valence-corrected chi connectivity index (χ4v) is 3.40. The van der Waals surface area contributed by atoms with Crippen LogP contribution in [0.3, 0.4) is 0 Å². The highest BCUT2D eigenvalue weighted by atomic mass is 32.2. The summed E-state index contributed by atoms with van der Waals surface area (Å²) >= 11 is 0. The molecule has 2 heterocycles. The molecule has 0 bridgehead atoms. The Morgan fingerprint density at radius 2 is 1.92 bits per heavy atom. The fraction of sp³-hybridized carbons (Fsp3) is 0.222. The van der Waals surface area contributed by atoms with Gasteiger partial charge in [0.2, 0.25) is 0 Å². The molecule has 0 radical (unpaired) electrons. The number of rotatable bonds is 4. The molecule has 0 amide bonds. The maximum Gasteiger partial charge on any atom is 0.259 e. The molecule has 0 aliphatic rings. The van der Waals surface area contributed by atoms with E-state index in [4.69, 9.17) is 4.74 Å². The zero-order chi connectivity index (χ0) is 18.2. The van der Waals surface area contributed by atoms with Crippen LogP contribution in [0.15, 0.2) is 52.5 Å². The van der Waals surface area contributed by atoms with Crippen molar-refractivity contribution in [2.75, 3.05) is 12.9 Å².